The minimum absolute atomic E-state index is 0.445. The highest BCUT2D eigenvalue weighted by atomic mass is 15.2. The van der Waals surface area contributed by atoms with E-state index in [1.54, 1.807) is 0 Å². The van der Waals surface area contributed by atoms with Crippen molar-refractivity contribution in [3.63, 3.8) is 0 Å². The van der Waals surface area contributed by atoms with E-state index in [9.17, 15) is 0 Å². The highest BCUT2D eigenvalue weighted by molar-refractivity contribution is 5.47. The molecule has 0 amide bonds. The van der Waals surface area contributed by atoms with Crippen molar-refractivity contribution in [2.45, 2.75) is 32.2 Å². The Hall–Kier alpha value is -2.69. The monoisotopic (exact) mass is 333 g/mol. The zero-order valence-electron chi connectivity index (χ0n) is 14.5. The fourth-order valence-corrected chi connectivity index (χ4v) is 3.63. The van der Waals surface area contributed by atoms with Gasteiger partial charge in [-0.1, -0.05) is 6.07 Å². The van der Waals surface area contributed by atoms with Crippen molar-refractivity contribution in [3.05, 3.63) is 72.3 Å². The molecule has 0 aromatic carbocycles. The predicted octanol–water partition coefficient (Wildman–Crippen LogP) is 3.41. The molecular formula is C20H23N5. The zero-order chi connectivity index (χ0) is 17.1. The molecule has 5 heteroatoms. The third-order valence-corrected chi connectivity index (χ3v) is 4.84. The third kappa shape index (κ3) is 3.55. The van der Waals surface area contributed by atoms with Crippen LogP contribution in [-0.2, 0) is 6.54 Å². The van der Waals surface area contributed by atoms with Crippen LogP contribution in [0.3, 0.4) is 0 Å². The molecule has 1 fully saturated rings. The van der Waals surface area contributed by atoms with Crippen LogP contribution >= 0.6 is 0 Å². The van der Waals surface area contributed by atoms with E-state index in [2.05, 4.69) is 48.8 Å². The number of hydrogen-bond acceptors (Lipinski definition) is 4. The first-order chi connectivity index (χ1) is 12.3. The molecule has 4 heterocycles. The van der Waals surface area contributed by atoms with Gasteiger partial charge in [0, 0.05) is 55.2 Å². The largest absolute Gasteiger partial charge is 0.371 e. The lowest BCUT2D eigenvalue weighted by Crippen LogP contribution is -2.35. The summed E-state index contributed by atoms with van der Waals surface area (Å²) in [7, 11) is 0. The maximum Gasteiger partial charge on any atom is 0.113 e. The summed E-state index contributed by atoms with van der Waals surface area (Å²) in [6.45, 7) is 4.93. The molecule has 25 heavy (non-hydrogen) atoms. The van der Waals surface area contributed by atoms with Crippen molar-refractivity contribution in [2.24, 2.45) is 0 Å². The normalized spacial score (nSPS) is 17.6. The van der Waals surface area contributed by atoms with E-state index in [0.717, 1.165) is 31.0 Å². The van der Waals surface area contributed by atoms with Gasteiger partial charge in [-0.05, 0) is 44.0 Å². The molecule has 1 atom stereocenters. The number of aromatic nitrogens is 4. The van der Waals surface area contributed by atoms with E-state index >= 15 is 0 Å². The third-order valence-electron chi connectivity index (χ3n) is 4.84. The van der Waals surface area contributed by atoms with Gasteiger partial charge in [0.25, 0.3) is 0 Å². The smallest absolute Gasteiger partial charge is 0.113 e. The van der Waals surface area contributed by atoms with Crippen LogP contribution in [0.4, 0.5) is 5.69 Å². The molecule has 0 spiro atoms. The summed E-state index contributed by atoms with van der Waals surface area (Å²) in [5, 5.41) is 0. The molecule has 3 aromatic rings. The van der Waals surface area contributed by atoms with Gasteiger partial charge in [0.2, 0.25) is 0 Å². The van der Waals surface area contributed by atoms with Gasteiger partial charge in [0.1, 0.15) is 5.82 Å². The molecule has 1 aliphatic heterocycles. The summed E-state index contributed by atoms with van der Waals surface area (Å²) in [6.07, 6.45) is 10.1. The lowest BCUT2D eigenvalue weighted by molar-refractivity contribution is 0.475. The Balaban J connectivity index is 1.53. The number of hydrogen-bond donors (Lipinski definition) is 0. The molecule has 1 saturated heterocycles. The lowest BCUT2D eigenvalue weighted by atomic mass is 9.96. The minimum atomic E-state index is 0.445. The molecule has 128 valence electrons. The number of pyridine rings is 2. The number of aryl methyl sites for hydroxylation is 1. The molecule has 0 radical (unpaired) electrons. The summed E-state index contributed by atoms with van der Waals surface area (Å²) < 4.78 is 2.24. The predicted molar refractivity (Wildman–Crippen MR) is 98.7 cm³/mol. The Bertz CT molecular complexity index is 827. The van der Waals surface area contributed by atoms with Crippen molar-refractivity contribution >= 4 is 5.69 Å². The van der Waals surface area contributed by atoms with E-state index in [1.807, 2.05) is 37.6 Å². The van der Waals surface area contributed by atoms with Gasteiger partial charge in [-0.2, -0.15) is 0 Å². The van der Waals surface area contributed by atoms with Crippen LogP contribution in [0.25, 0.3) is 0 Å². The Morgan fingerprint density at radius 1 is 1.08 bits per heavy atom. The van der Waals surface area contributed by atoms with Crippen LogP contribution in [0.2, 0.25) is 0 Å². The maximum absolute atomic E-state index is 4.68. The number of imidazole rings is 1. The van der Waals surface area contributed by atoms with E-state index in [-0.39, 0.29) is 0 Å². The highest BCUT2D eigenvalue weighted by Crippen LogP contribution is 2.29. The summed E-state index contributed by atoms with van der Waals surface area (Å²) in [5.74, 6) is 1.61. The number of rotatable bonds is 4. The van der Waals surface area contributed by atoms with Crippen molar-refractivity contribution in [3.8, 4) is 0 Å². The standard InChI is InChI=1S/C20H23N5/c1-16-13-19(7-9-21-16)24-11-4-5-17(14-24)20-23-10-12-25(20)15-18-6-2-3-8-22-18/h2-3,6-10,12-13,17H,4-5,11,14-15H2,1H3. The number of nitrogens with zero attached hydrogens (tertiary/aromatic N) is 5. The van der Waals surface area contributed by atoms with Crippen molar-refractivity contribution < 1.29 is 0 Å². The average molecular weight is 333 g/mol. The van der Waals surface area contributed by atoms with Crippen LogP contribution in [0.5, 0.6) is 0 Å². The molecule has 3 aromatic heterocycles. The molecule has 4 rings (SSSR count). The van der Waals surface area contributed by atoms with Crippen LogP contribution < -0.4 is 4.90 Å². The first-order valence-electron chi connectivity index (χ1n) is 8.88. The molecule has 5 nitrogen and oxygen atoms in total. The van der Waals surface area contributed by atoms with Gasteiger partial charge in [-0.3, -0.25) is 9.97 Å². The molecule has 0 aliphatic carbocycles. The van der Waals surface area contributed by atoms with Crippen molar-refractivity contribution in [2.75, 3.05) is 18.0 Å². The van der Waals surface area contributed by atoms with Crippen LogP contribution in [0, 0.1) is 6.92 Å². The SMILES string of the molecule is Cc1cc(N2CCCC(c3nccn3Cc3ccccn3)C2)ccn1. The average Bonchev–Trinajstić information content (AvgIpc) is 3.11. The summed E-state index contributed by atoms with van der Waals surface area (Å²) >= 11 is 0. The highest BCUT2D eigenvalue weighted by Gasteiger charge is 2.25. The Morgan fingerprint density at radius 2 is 2.04 bits per heavy atom. The van der Waals surface area contributed by atoms with Crippen molar-refractivity contribution in [1.29, 1.82) is 0 Å². The maximum atomic E-state index is 4.68. The van der Waals surface area contributed by atoms with Crippen LogP contribution in [0.1, 0.15) is 36.0 Å². The van der Waals surface area contributed by atoms with E-state index < -0.39 is 0 Å². The number of anilines is 1. The lowest BCUT2D eigenvalue weighted by Gasteiger charge is -2.34. The second kappa shape index (κ2) is 7.05. The summed E-state index contributed by atoms with van der Waals surface area (Å²) in [6, 6.07) is 10.3. The molecular weight excluding hydrogens is 310 g/mol. The molecule has 1 aliphatic rings. The quantitative estimate of drug-likeness (QED) is 0.734. The minimum Gasteiger partial charge on any atom is -0.371 e. The zero-order valence-corrected chi connectivity index (χ0v) is 14.5. The van der Waals surface area contributed by atoms with Gasteiger partial charge in [-0.25, -0.2) is 4.98 Å². The topological polar surface area (TPSA) is 46.8 Å². The Morgan fingerprint density at radius 3 is 2.88 bits per heavy atom. The second-order valence-electron chi connectivity index (χ2n) is 6.68. The summed E-state index contributed by atoms with van der Waals surface area (Å²) in [5.41, 5.74) is 3.40. The second-order valence-corrected chi connectivity index (χ2v) is 6.68. The van der Waals surface area contributed by atoms with E-state index in [1.165, 1.54) is 24.4 Å². The van der Waals surface area contributed by atoms with E-state index in [4.69, 9.17) is 0 Å². The molecule has 0 N–H and O–H groups in total. The Kier molecular flexibility index (Phi) is 4.46. The van der Waals surface area contributed by atoms with Crippen molar-refractivity contribution in [1.82, 2.24) is 19.5 Å². The van der Waals surface area contributed by atoms with Gasteiger partial charge >= 0.3 is 0 Å². The fraction of sp³-hybridized carbons (Fsp3) is 0.350. The molecule has 0 saturated carbocycles. The molecule has 1 unspecified atom stereocenters. The van der Waals surface area contributed by atoms with Gasteiger partial charge in [0.05, 0.1) is 12.2 Å². The first-order valence-corrected chi connectivity index (χ1v) is 8.88. The fourth-order valence-electron chi connectivity index (χ4n) is 3.63. The van der Waals surface area contributed by atoms with Gasteiger partial charge < -0.3 is 9.47 Å². The van der Waals surface area contributed by atoms with Crippen LogP contribution in [-0.4, -0.2) is 32.6 Å². The van der Waals surface area contributed by atoms with Gasteiger partial charge in [0.15, 0.2) is 0 Å². The number of piperidine rings is 1. The summed E-state index contributed by atoms with van der Waals surface area (Å²) in [4.78, 5) is 15.9. The van der Waals surface area contributed by atoms with Crippen LogP contribution in [0.15, 0.2) is 55.1 Å². The molecule has 0 bridgehead atoms. The van der Waals surface area contributed by atoms with Gasteiger partial charge in [-0.15, -0.1) is 0 Å². The van der Waals surface area contributed by atoms with E-state index in [0.29, 0.717) is 5.92 Å². The first kappa shape index (κ1) is 15.8. The Labute approximate surface area is 148 Å².